The van der Waals surface area contributed by atoms with Crippen molar-refractivity contribution in [2.75, 3.05) is 26.3 Å². The van der Waals surface area contributed by atoms with E-state index in [1.807, 2.05) is 0 Å². The highest BCUT2D eigenvalue weighted by Gasteiger charge is 2.41. The highest BCUT2D eigenvalue weighted by Crippen LogP contribution is 2.32. The lowest BCUT2D eigenvalue weighted by molar-refractivity contribution is -0.385. The van der Waals surface area contributed by atoms with E-state index in [4.69, 9.17) is 9.47 Å². The highest BCUT2D eigenvalue weighted by molar-refractivity contribution is 7.88. The molecular formula is C15H20N2O6S. The van der Waals surface area contributed by atoms with Crippen LogP contribution < -0.4 is 0 Å². The molecule has 8 nitrogen and oxygen atoms in total. The van der Waals surface area contributed by atoms with Crippen molar-refractivity contribution in [1.82, 2.24) is 4.31 Å². The van der Waals surface area contributed by atoms with E-state index < -0.39 is 20.7 Å². The van der Waals surface area contributed by atoms with Gasteiger partial charge in [-0.05, 0) is 6.42 Å². The summed E-state index contributed by atoms with van der Waals surface area (Å²) < 4.78 is 38.0. The molecule has 2 fully saturated rings. The molecule has 0 aliphatic carbocycles. The third kappa shape index (κ3) is 3.59. The van der Waals surface area contributed by atoms with Crippen molar-refractivity contribution in [2.45, 2.75) is 30.8 Å². The van der Waals surface area contributed by atoms with Crippen molar-refractivity contribution >= 4 is 15.7 Å². The molecule has 0 radical (unpaired) electrons. The molecule has 2 heterocycles. The molecule has 132 valence electrons. The molecular weight excluding hydrogens is 336 g/mol. The van der Waals surface area contributed by atoms with Gasteiger partial charge in [-0.25, -0.2) is 12.7 Å². The minimum atomic E-state index is -3.63. The van der Waals surface area contributed by atoms with Gasteiger partial charge in [0.1, 0.15) is 0 Å². The van der Waals surface area contributed by atoms with Gasteiger partial charge in [0.15, 0.2) is 5.79 Å². The average Bonchev–Trinajstić information content (AvgIpc) is 2.56. The summed E-state index contributed by atoms with van der Waals surface area (Å²) >= 11 is 0. The monoisotopic (exact) mass is 356 g/mol. The number of nitro groups is 1. The summed E-state index contributed by atoms with van der Waals surface area (Å²) in [5.41, 5.74) is 0.0291. The van der Waals surface area contributed by atoms with Gasteiger partial charge < -0.3 is 9.47 Å². The van der Waals surface area contributed by atoms with Crippen LogP contribution in [-0.4, -0.2) is 49.7 Å². The van der Waals surface area contributed by atoms with Gasteiger partial charge >= 0.3 is 0 Å². The molecule has 2 aliphatic rings. The predicted octanol–water partition coefficient (Wildman–Crippen LogP) is 1.65. The van der Waals surface area contributed by atoms with Crippen molar-refractivity contribution in [3.63, 3.8) is 0 Å². The van der Waals surface area contributed by atoms with E-state index in [-0.39, 0.29) is 17.0 Å². The minimum absolute atomic E-state index is 0.173. The molecule has 1 aromatic rings. The van der Waals surface area contributed by atoms with Crippen LogP contribution in [0.25, 0.3) is 0 Å². The first-order chi connectivity index (χ1) is 11.4. The Morgan fingerprint density at radius 1 is 1.17 bits per heavy atom. The van der Waals surface area contributed by atoms with Crippen LogP contribution in [0.2, 0.25) is 0 Å². The number of ether oxygens (including phenoxy) is 2. The van der Waals surface area contributed by atoms with Crippen LogP contribution in [0, 0.1) is 10.1 Å². The van der Waals surface area contributed by atoms with E-state index in [0.29, 0.717) is 39.1 Å². The second-order valence-electron chi connectivity index (χ2n) is 6.00. The lowest BCUT2D eigenvalue weighted by Crippen LogP contribution is -2.51. The maximum Gasteiger partial charge on any atom is 0.273 e. The molecule has 0 unspecified atom stereocenters. The first kappa shape index (κ1) is 17.3. The third-order valence-electron chi connectivity index (χ3n) is 4.42. The number of para-hydroxylation sites is 1. The number of benzene rings is 1. The van der Waals surface area contributed by atoms with Gasteiger partial charge in [-0.2, -0.15) is 0 Å². The molecule has 1 spiro atoms. The standard InChI is InChI=1S/C15H20N2O6S/c18-17(19)14-5-2-1-4-13(14)12-24(20,21)16-8-6-15(7-9-16)22-10-3-11-23-15/h1-2,4-5H,3,6-12H2. The quantitative estimate of drug-likeness (QED) is 0.601. The molecule has 0 amide bonds. The van der Waals surface area contributed by atoms with Crippen LogP contribution in [0.5, 0.6) is 0 Å². The lowest BCUT2D eigenvalue weighted by Gasteiger charge is -2.42. The SMILES string of the molecule is O=[N+]([O-])c1ccccc1CS(=O)(=O)N1CCC2(CC1)OCCCO2. The van der Waals surface area contributed by atoms with Crippen LogP contribution in [-0.2, 0) is 25.2 Å². The van der Waals surface area contributed by atoms with Crippen LogP contribution in [0.3, 0.4) is 0 Å². The lowest BCUT2D eigenvalue weighted by atomic mass is 10.0. The Kier molecular flexibility index (Phi) is 4.86. The number of hydrogen-bond acceptors (Lipinski definition) is 6. The van der Waals surface area contributed by atoms with Gasteiger partial charge in [0, 0.05) is 37.6 Å². The van der Waals surface area contributed by atoms with Crippen LogP contribution in [0.1, 0.15) is 24.8 Å². The maximum absolute atomic E-state index is 12.6. The van der Waals surface area contributed by atoms with Crippen molar-refractivity contribution in [1.29, 1.82) is 0 Å². The minimum Gasteiger partial charge on any atom is -0.350 e. The summed E-state index contributed by atoms with van der Waals surface area (Å²) in [6.07, 6.45) is 1.80. The topological polar surface area (TPSA) is 99.0 Å². The Bertz CT molecular complexity index is 704. The zero-order chi connectivity index (χ0) is 17.2. The third-order valence-corrected chi connectivity index (χ3v) is 6.25. The largest absolute Gasteiger partial charge is 0.350 e. The van der Waals surface area contributed by atoms with Crippen LogP contribution in [0.15, 0.2) is 24.3 Å². The van der Waals surface area contributed by atoms with Crippen LogP contribution in [0.4, 0.5) is 5.69 Å². The van der Waals surface area contributed by atoms with Crippen molar-refractivity contribution < 1.29 is 22.8 Å². The molecule has 2 aliphatic heterocycles. The summed E-state index contributed by atoms with van der Waals surface area (Å²) in [6, 6.07) is 5.93. The molecule has 0 bridgehead atoms. The second kappa shape index (κ2) is 6.75. The molecule has 9 heteroatoms. The average molecular weight is 356 g/mol. The zero-order valence-electron chi connectivity index (χ0n) is 13.2. The highest BCUT2D eigenvalue weighted by atomic mass is 32.2. The Morgan fingerprint density at radius 2 is 1.79 bits per heavy atom. The second-order valence-corrected chi connectivity index (χ2v) is 7.97. The normalized spacial score (nSPS) is 21.7. The Hall–Kier alpha value is -1.55. The molecule has 2 saturated heterocycles. The molecule has 0 saturated carbocycles. The zero-order valence-corrected chi connectivity index (χ0v) is 14.0. The first-order valence-electron chi connectivity index (χ1n) is 7.90. The molecule has 1 aromatic carbocycles. The maximum atomic E-state index is 12.6. The molecule has 24 heavy (non-hydrogen) atoms. The van der Waals surface area contributed by atoms with E-state index in [2.05, 4.69) is 0 Å². The van der Waals surface area contributed by atoms with E-state index in [1.54, 1.807) is 6.07 Å². The number of piperidine rings is 1. The van der Waals surface area contributed by atoms with Gasteiger partial charge in [0.05, 0.1) is 23.9 Å². The van der Waals surface area contributed by atoms with E-state index in [9.17, 15) is 18.5 Å². The molecule has 0 atom stereocenters. The summed E-state index contributed by atoms with van der Waals surface area (Å²) in [4.78, 5) is 10.5. The molecule has 0 aromatic heterocycles. The fourth-order valence-corrected chi connectivity index (χ4v) is 4.67. The fourth-order valence-electron chi connectivity index (χ4n) is 3.11. The Morgan fingerprint density at radius 3 is 2.42 bits per heavy atom. The van der Waals surface area contributed by atoms with Gasteiger partial charge in [-0.1, -0.05) is 18.2 Å². The predicted molar refractivity (Wildman–Crippen MR) is 85.8 cm³/mol. The smallest absolute Gasteiger partial charge is 0.273 e. The van der Waals surface area contributed by atoms with Gasteiger partial charge in [-0.15, -0.1) is 0 Å². The van der Waals surface area contributed by atoms with Gasteiger partial charge in [0.25, 0.3) is 5.69 Å². The number of nitro benzene ring substituents is 1. The summed E-state index contributed by atoms with van der Waals surface area (Å²) in [6.45, 7) is 1.85. The van der Waals surface area contributed by atoms with Crippen molar-refractivity contribution in [3.8, 4) is 0 Å². The van der Waals surface area contributed by atoms with E-state index >= 15 is 0 Å². The summed E-state index contributed by atoms with van der Waals surface area (Å²) in [5.74, 6) is -1.04. The Labute approximate surface area is 140 Å². The van der Waals surface area contributed by atoms with Crippen molar-refractivity contribution in [2.24, 2.45) is 0 Å². The molecule has 0 N–H and O–H groups in total. The number of sulfonamides is 1. The summed E-state index contributed by atoms with van der Waals surface area (Å²) in [7, 11) is -3.63. The Balaban J connectivity index is 1.70. The van der Waals surface area contributed by atoms with E-state index in [1.165, 1.54) is 22.5 Å². The van der Waals surface area contributed by atoms with Gasteiger partial charge in [0.2, 0.25) is 10.0 Å². The number of nitrogens with zero attached hydrogens (tertiary/aromatic N) is 2. The number of rotatable bonds is 4. The van der Waals surface area contributed by atoms with E-state index in [0.717, 1.165) is 6.42 Å². The number of hydrogen-bond donors (Lipinski definition) is 0. The fraction of sp³-hybridized carbons (Fsp3) is 0.600. The van der Waals surface area contributed by atoms with Crippen molar-refractivity contribution in [3.05, 3.63) is 39.9 Å². The first-order valence-corrected chi connectivity index (χ1v) is 9.51. The van der Waals surface area contributed by atoms with Gasteiger partial charge in [-0.3, -0.25) is 10.1 Å². The summed E-state index contributed by atoms with van der Waals surface area (Å²) in [5, 5.41) is 11.1. The van der Waals surface area contributed by atoms with Crippen LogP contribution >= 0.6 is 0 Å². The molecule has 3 rings (SSSR count).